The molecule has 0 aromatic heterocycles. The number of hydrogen-bond donors (Lipinski definition) is 0. The number of hydrogen-bond acceptors (Lipinski definition) is 1. The van der Waals surface area contributed by atoms with E-state index in [9.17, 15) is 0 Å². The molecule has 1 heterocycles. The van der Waals surface area contributed by atoms with Crippen molar-refractivity contribution in [2.45, 2.75) is 37.4 Å². The van der Waals surface area contributed by atoms with Gasteiger partial charge in [-0.15, -0.1) is 0 Å². The Bertz CT molecular complexity index is 335. The molecular weight excluding hydrogens is 252 g/mol. The Morgan fingerprint density at radius 1 is 1.47 bits per heavy atom. The average molecular weight is 269 g/mol. The smallest absolute Gasteiger partial charge is 0.122 e. The van der Waals surface area contributed by atoms with Crippen LogP contribution in [0.15, 0.2) is 18.2 Å². The molecule has 2 rings (SSSR count). The SMILES string of the molecule is CCC(Br)CCc1ccc2c(c1)CCO2. The molecule has 1 aromatic rings. The van der Waals surface area contributed by atoms with Crippen molar-refractivity contribution in [3.8, 4) is 5.75 Å². The van der Waals surface area contributed by atoms with E-state index in [0.29, 0.717) is 4.83 Å². The van der Waals surface area contributed by atoms with E-state index < -0.39 is 0 Å². The van der Waals surface area contributed by atoms with Gasteiger partial charge in [-0.25, -0.2) is 0 Å². The summed E-state index contributed by atoms with van der Waals surface area (Å²) >= 11 is 3.67. The van der Waals surface area contributed by atoms with Gasteiger partial charge in [-0.2, -0.15) is 0 Å². The summed E-state index contributed by atoms with van der Waals surface area (Å²) in [7, 11) is 0. The van der Waals surface area contributed by atoms with E-state index in [1.807, 2.05) is 0 Å². The zero-order valence-electron chi connectivity index (χ0n) is 9.13. The Balaban J connectivity index is 1.98. The molecule has 82 valence electrons. The highest BCUT2D eigenvalue weighted by Gasteiger charge is 2.12. The third-order valence-electron chi connectivity index (χ3n) is 2.94. The molecule has 1 aliphatic rings. The maximum absolute atomic E-state index is 5.49. The van der Waals surface area contributed by atoms with Gasteiger partial charge in [0, 0.05) is 11.2 Å². The molecule has 1 aliphatic heterocycles. The first-order chi connectivity index (χ1) is 7.29. The van der Waals surface area contributed by atoms with Crippen LogP contribution in [0.5, 0.6) is 5.75 Å². The van der Waals surface area contributed by atoms with E-state index in [4.69, 9.17) is 4.74 Å². The summed E-state index contributed by atoms with van der Waals surface area (Å²) in [6.45, 7) is 3.07. The second-order valence-corrected chi connectivity index (χ2v) is 5.38. The quantitative estimate of drug-likeness (QED) is 0.757. The highest BCUT2D eigenvalue weighted by atomic mass is 79.9. The molecule has 0 radical (unpaired) electrons. The van der Waals surface area contributed by atoms with Crippen LogP contribution in [0.25, 0.3) is 0 Å². The first-order valence-electron chi connectivity index (χ1n) is 5.68. The van der Waals surface area contributed by atoms with Gasteiger partial charge in [-0.3, -0.25) is 0 Å². The fourth-order valence-corrected chi connectivity index (χ4v) is 2.15. The number of aryl methyl sites for hydroxylation is 1. The second-order valence-electron chi connectivity index (χ2n) is 4.08. The summed E-state index contributed by atoms with van der Waals surface area (Å²) in [4.78, 5) is 0.655. The molecule has 0 saturated carbocycles. The van der Waals surface area contributed by atoms with E-state index in [2.05, 4.69) is 41.1 Å². The normalized spacial score (nSPS) is 15.9. The molecule has 0 fully saturated rings. The lowest BCUT2D eigenvalue weighted by Crippen LogP contribution is -1.98. The minimum Gasteiger partial charge on any atom is -0.493 e. The van der Waals surface area contributed by atoms with Crippen LogP contribution in [0.2, 0.25) is 0 Å². The molecule has 1 atom stereocenters. The number of alkyl halides is 1. The summed E-state index contributed by atoms with van der Waals surface area (Å²) in [6.07, 6.45) is 4.66. The fraction of sp³-hybridized carbons (Fsp3) is 0.538. The minimum absolute atomic E-state index is 0.655. The van der Waals surface area contributed by atoms with E-state index >= 15 is 0 Å². The predicted molar refractivity (Wildman–Crippen MR) is 67.0 cm³/mol. The van der Waals surface area contributed by atoms with Crippen LogP contribution in [0.1, 0.15) is 30.9 Å². The largest absolute Gasteiger partial charge is 0.493 e. The van der Waals surface area contributed by atoms with Crippen molar-refractivity contribution in [1.82, 2.24) is 0 Å². The predicted octanol–water partition coefficient (Wildman–Crippen LogP) is 3.73. The molecule has 0 N–H and O–H groups in total. The summed E-state index contributed by atoms with van der Waals surface area (Å²) in [5, 5.41) is 0. The summed E-state index contributed by atoms with van der Waals surface area (Å²) in [5.74, 6) is 1.09. The second kappa shape index (κ2) is 5.02. The molecule has 0 bridgehead atoms. The number of halogens is 1. The maximum atomic E-state index is 5.49. The van der Waals surface area contributed by atoms with Crippen LogP contribution < -0.4 is 4.74 Å². The number of benzene rings is 1. The lowest BCUT2D eigenvalue weighted by Gasteiger charge is -2.07. The molecular formula is C13H17BrO. The van der Waals surface area contributed by atoms with Crippen molar-refractivity contribution in [2.24, 2.45) is 0 Å². The third kappa shape index (κ3) is 2.75. The Kier molecular flexibility index (Phi) is 3.68. The van der Waals surface area contributed by atoms with Crippen LogP contribution >= 0.6 is 15.9 Å². The number of rotatable bonds is 4. The van der Waals surface area contributed by atoms with Gasteiger partial charge in [0.1, 0.15) is 5.75 Å². The maximum Gasteiger partial charge on any atom is 0.122 e. The lowest BCUT2D eigenvalue weighted by atomic mass is 10.0. The molecule has 2 heteroatoms. The summed E-state index contributed by atoms with van der Waals surface area (Å²) in [6, 6.07) is 6.62. The van der Waals surface area contributed by atoms with Gasteiger partial charge in [0.15, 0.2) is 0 Å². The van der Waals surface area contributed by atoms with E-state index in [1.54, 1.807) is 0 Å². The average Bonchev–Trinajstić information content (AvgIpc) is 2.72. The van der Waals surface area contributed by atoms with Crippen molar-refractivity contribution in [3.05, 3.63) is 29.3 Å². The molecule has 1 aromatic carbocycles. The molecule has 0 amide bonds. The topological polar surface area (TPSA) is 9.23 Å². The van der Waals surface area contributed by atoms with E-state index in [-0.39, 0.29) is 0 Å². The molecule has 0 spiro atoms. The number of fused-ring (bicyclic) bond motifs is 1. The standard InChI is InChI=1S/C13H17BrO/c1-2-12(14)5-3-10-4-6-13-11(9-10)7-8-15-13/h4,6,9,12H,2-3,5,7-8H2,1H3. The first-order valence-corrected chi connectivity index (χ1v) is 6.60. The van der Waals surface area contributed by atoms with Crippen LogP contribution in [0.3, 0.4) is 0 Å². The number of ether oxygens (including phenoxy) is 1. The van der Waals surface area contributed by atoms with Crippen LogP contribution in [0.4, 0.5) is 0 Å². The van der Waals surface area contributed by atoms with Crippen LogP contribution in [-0.2, 0) is 12.8 Å². The highest BCUT2D eigenvalue weighted by molar-refractivity contribution is 9.09. The molecule has 0 aliphatic carbocycles. The molecule has 0 saturated heterocycles. The van der Waals surface area contributed by atoms with Gasteiger partial charge >= 0.3 is 0 Å². The zero-order chi connectivity index (χ0) is 10.7. The summed E-state index contributed by atoms with van der Waals surface area (Å²) in [5.41, 5.74) is 2.83. The Morgan fingerprint density at radius 2 is 2.33 bits per heavy atom. The summed E-state index contributed by atoms with van der Waals surface area (Å²) < 4.78 is 5.49. The Hall–Kier alpha value is -0.500. The molecule has 1 nitrogen and oxygen atoms in total. The molecule has 1 unspecified atom stereocenters. The lowest BCUT2D eigenvalue weighted by molar-refractivity contribution is 0.357. The van der Waals surface area contributed by atoms with Gasteiger partial charge in [0.2, 0.25) is 0 Å². The first kappa shape index (κ1) is 11.0. The Morgan fingerprint density at radius 3 is 3.13 bits per heavy atom. The van der Waals surface area contributed by atoms with Gasteiger partial charge in [0.05, 0.1) is 6.61 Å². The van der Waals surface area contributed by atoms with Crippen molar-refractivity contribution >= 4 is 15.9 Å². The van der Waals surface area contributed by atoms with Crippen molar-refractivity contribution < 1.29 is 4.74 Å². The van der Waals surface area contributed by atoms with Gasteiger partial charge in [0.25, 0.3) is 0 Å². The zero-order valence-corrected chi connectivity index (χ0v) is 10.7. The van der Waals surface area contributed by atoms with Gasteiger partial charge in [-0.05, 0) is 36.5 Å². The van der Waals surface area contributed by atoms with Crippen molar-refractivity contribution in [1.29, 1.82) is 0 Å². The minimum atomic E-state index is 0.655. The fourth-order valence-electron chi connectivity index (χ4n) is 1.92. The monoisotopic (exact) mass is 268 g/mol. The van der Waals surface area contributed by atoms with Crippen LogP contribution in [-0.4, -0.2) is 11.4 Å². The van der Waals surface area contributed by atoms with E-state index in [1.165, 1.54) is 24.0 Å². The van der Waals surface area contributed by atoms with Gasteiger partial charge in [-0.1, -0.05) is 35.0 Å². The van der Waals surface area contributed by atoms with Gasteiger partial charge < -0.3 is 4.74 Å². The third-order valence-corrected chi connectivity index (χ3v) is 4.05. The Labute approximate surface area is 100.0 Å². The van der Waals surface area contributed by atoms with Crippen molar-refractivity contribution in [2.75, 3.05) is 6.61 Å². The van der Waals surface area contributed by atoms with Crippen LogP contribution in [0, 0.1) is 0 Å². The molecule has 15 heavy (non-hydrogen) atoms. The highest BCUT2D eigenvalue weighted by Crippen LogP contribution is 2.26. The van der Waals surface area contributed by atoms with E-state index in [0.717, 1.165) is 25.2 Å². The van der Waals surface area contributed by atoms with Crippen molar-refractivity contribution in [3.63, 3.8) is 0 Å².